The molecule has 1 fully saturated rings. The Balaban J connectivity index is 1.75. The molecule has 1 heterocycles. The topological polar surface area (TPSA) is 68.5 Å². The molecule has 0 saturated heterocycles. The minimum atomic E-state index is -0.493. The predicted molar refractivity (Wildman–Crippen MR) is 101 cm³/mol. The second kappa shape index (κ2) is 7.66. The number of esters is 1. The lowest BCUT2D eigenvalue weighted by Gasteiger charge is -2.28. The van der Waals surface area contributed by atoms with Crippen LogP contribution >= 0.6 is 15.9 Å². The maximum atomic E-state index is 13.1. The molecule has 138 valence electrons. The van der Waals surface area contributed by atoms with Crippen molar-refractivity contribution < 1.29 is 18.7 Å². The molecular formula is C20H22BrNO4. The molecule has 1 aliphatic carbocycles. The van der Waals surface area contributed by atoms with E-state index in [0.717, 1.165) is 35.7 Å². The normalized spacial score (nSPS) is 15.7. The fourth-order valence-corrected chi connectivity index (χ4v) is 3.94. The van der Waals surface area contributed by atoms with Gasteiger partial charge >= 0.3 is 5.97 Å². The third-order valence-electron chi connectivity index (χ3n) is 5.09. The Morgan fingerprint density at radius 1 is 1.23 bits per heavy atom. The second-order valence-corrected chi connectivity index (χ2v) is 7.57. The molecule has 1 N–H and O–H groups in total. The third-order valence-corrected chi connectivity index (χ3v) is 5.61. The van der Waals surface area contributed by atoms with Crippen molar-refractivity contribution in [2.24, 2.45) is 0 Å². The molecule has 0 radical (unpaired) electrons. The lowest BCUT2D eigenvalue weighted by atomic mass is 9.78. The minimum Gasteiger partial charge on any atom is -0.465 e. The van der Waals surface area contributed by atoms with Crippen molar-refractivity contribution in [2.75, 3.05) is 7.11 Å². The highest BCUT2D eigenvalue weighted by Gasteiger charge is 2.42. The van der Waals surface area contributed by atoms with Crippen LogP contribution in [0.2, 0.25) is 0 Å². The van der Waals surface area contributed by atoms with Crippen LogP contribution in [0, 0.1) is 6.92 Å². The number of amides is 1. The SMILES string of the molecule is COC(=O)c1cc(CNC(=O)C2(c3ccc(Br)cc3)CCCC2)oc1C. The maximum Gasteiger partial charge on any atom is 0.341 e. The van der Waals surface area contributed by atoms with E-state index in [-0.39, 0.29) is 12.5 Å². The lowest BCUT2D eigenvalue weighted by molar-refractivity contribution is -0.126. The monoisotopic (exact) mass is 419 g/mol. The van der Waals surface area contributed by atoms with Gasteiger partial charge in [0.05, 0.1) is 19.1 Å². The van der Waals surface area contributed by atoms with Gasteiger partial charge in [-0.05, 0) is 43.5 Å². The minimum absolute atomic E-state index is 0.00555. The molecule has 0 aliphatic heterocycles. The van der Waals surface area contributed by atoms with Gasteiger partial charge < -0.3 is 14.5 Å². The van der Waals surface area contributed by atoms with Gasteiger partial charge in [-0.15, -0.1) is 0 Å². The Hall–Kier alpha value is -2.08. The maximum absolute atomic E-state index is 13.1. The average molecular weight is 420 g/mol. The summed E-state index contributed by atoms with van der Waals surface area (Å²) in [7, 11) is 1.33. The number of rotatable bonds is 5. The first kappa shape index (κ1) is 18.7. The van der Waals surface area contributed by atoms with Crippen LogP contribution in [0.1, 0.15) is 53.1 Å². The van der Waals surface area contributed by atoms with E-state index in [1.165, 1.54) is 7.11 Å². The van der Waals surface area contributed by atoms with E-state index in [1.807, 2.05) is 24.3 Å². The molecule has 1 saturated carbocycles. The number of carbonyl (C=O) groups excluding carboxylic acids is 2. The number of aryl methyl sites for hydroxylation is 1. The molecule has 0 spiro atoms. The quantitative estimate of drug-likeness (QED) is 0.734. The molecule has 1 amide bonds. The molecule has 0 unspecified atom stereocenters. The molecule has 5 nitrogen and oxygen atoms in total. The number of halogens is 1. The summed E-state index contributed by atoms with van der Waals surface area (Å²) in [6.07, 6.45) is 3.75. The van der Waals surface area contributed by atoms with Crippen molar-refractivity contribution in [1.29, 1.82) is 0 Å². The fraction of sp³-hybridized carbons (Fsp3) is 0.400. The Morgan fingerprint density at radius 3 is 2.50 bits per heavy atom. The Kier molecular flexibility index (Phi) is 5.51. The van der Waals surface area contributed by atoms with Gasteiger partial charge in [-0.25, -0.2) is 4.79 Å². The van der Waals surface area contributed by atoms with Crippen molar-refractivity contribution in [3.05, 3.63) is 57.5 Å². The zero-order valence-electron chi connectivity index (χ0n) is 14.9. The van der Waals surface area contributed by atoms with Gasteiger partial charge in [0, 0.05) is 4.47 Å². The first-order valence-corrected chi connectivity index (χ1v) is 9.47. The van der Waals surface area contributed by atoms with E-state index in [4.69, 9.17) is 9.15 Å². The van der Waals surface area contributed by atoms with Gasteiger partial charge in [-0.2, -0.15) is 0 Å². The van der Waals surface area contributed by atoms with Gasteiger partial charge in [0.1, 0.15) is 17.1 Å². The van der Waals surface area contributed by atoms with E-state index in [1.54, 1.807) is 13.0 Å². The van der Waals surface area contributed by atoms with Crippen LogP contribution in [0.15, 0.2) is 39.2 Å². The number of hydrogen-bond acceptors (Lipinski definition) is 4. The van der Waals surface area contributed by atoms with E-state index in [9.17, 15) is 9.59 Å². The highest BCUT2D eigenvalue weighted by molar-refractivity contribution is 9.10. The molecular weight excluding hydrogens is 398 g/mol. The summed E-state index contributed by atoms with van der Waals surface area (Å²) in [5.41, 5.74) is 0.940. The largest absolute Gasteiger partial charge is 0.465 e. The first-order chi connectivity index (χ1) is 12.5. The van der Waals surface area contributed by atoms with Crippen molar-refractivity contribution in [3.63, 3.8) is 0 Å². The number of nitrogens with one attached hydrogen (secondary N) is 1. The Labute approximate surface area is 161 Å². The molecule has 0 bridgehead atoms. The number of methoxy groups -OCH3 is 1. The van der Waals surface area contributed by atoms with Crippen molar-refractivity contribution in [3.8, 4) is 0 Å². The van der Waals surface area contributed by atoms with E-state index < -0.39 is 11.4 Å². The molecule has 26 heavy (non-hydrogen) atoms. The van der Waals surface area contributed by atoms with Crippen LogP contribution in [0.25, 0.3) is 0 Å². The van der Waals surface area contributed by atoms with Gasteiger partial charge in [0.25, 0.3) is 0 Å². The second-order valence-electron chi connectivity index (χ2n) is 6.65. The fourth-order valence-electron chi connectivity index (χ4n) is 3.67. The average Bonchev–Trinajstić information content (AvgIpc) is 3.27. The molecule has 6 heteroatoms. The predicted octanol–water partition coefficient (Wildman–Crippen LogP) is 4.27. The van der Waals surface area contributed by atoms with E-state index in [2.05, 4.69) is 21.2 Å². The Bertz CT molecular complexity index is 804. The van der Waals surface area contributed by atoms with Gasteiger partial charge in [0.15, 0.2) is 0 Å². The third kappa shape index (κ3) is 3.56. The molecule has 2 aromatic rings. The van der Waals surface area contributed by atoms with Crippen LogP contribution in [-0.2, 0) is 21.5 Å². The standard InChI is InChI=1S/C20H22BrNO4/c1-13-17(18(23)25-2)11-16(26-13)12-22-19(24)20(9-3-4-10-20)14-5-7-15(21)8-6-14/h5-8,11H,3-4,9-10,12H2,1-2H3,(H,22,24). The van der Waals surface area contributed by atoms with Crippen LogP contribution in [0.5, 0.6) is 0 Å². The van der Waals surface area contributed by atoms with Gasteiger partial charge in [0.2, 0.25) is 5.91 Å². The van der Waals surface area contributed by atoms with Crippen LogP contribution in [0.4, 0.5) is 0 Å². The van der Waals surface area contributed by atoms with Crippen LogP contribution in [0.3, 0.4) is 0 Å². The number of hydrogen-bond donors (Lipinski definition) is 1. The number of benzene rings is 1. The summed E-state index contributed by atoms with van der Waals surface area (Å²) in [6.45, 7) is 1.95. The highest BCUT2D eigenvalue weighted by Crippen LogP contribution is 2.41. The van der Waals surface area contributed by atoms with E-state index >= 15 is 0 Å². The summed E-state index contributed by atoms with van der Waals surface area (Å²) in [6, 6.07) is 9.60. The highest BCUT2D eigenvalue weighted by atomic mass is 79.9. The molecule has 3 rings (SSSR count). The van der Waals surface area contributed by atoms with Crippen LogP contribution in [-0.4, -0.2) is 19.0 Å². The van der Waals surface area contributed by atoms with Crippen molar-refractivity contribution in [1.82, 2.24) is 5.32 Å². The summed E-state index contributed by atoms with van der Waals surface area (Å²) >= 11 is 3.45. The number of carbonyl (C=O) groups is 2. The van der Waals surface area contributed by atoms with Crippen molar-refractivity contribution >= 4 is 27.8 Å². The molecule has 1 aromatic heterocycles. The Morgan fingerprint density at radius 2 is 1.88 bits per heavy atom. The number of ether oxygens (including phenoxy) is 1. The molecule has 0 atom stereocenters. The van der Waals surface area contributed by atoms with Gasteiger partial charge in [-0.3, -0.25) is 4.79 Å². The summed E-state index contributed by atoms with van der Waals surface area (Å²) in [4.78, 5) is 24.7. The molecule has 1 aliphatic rings. The van der Waals surface area contributed by atoms with Crippen molar-refractivity contribution in [2.45, 2.75) is 44.6 Å². The zero-order chi connectivity index (χ0) is 18.7. The first-order valence-electron chi connectivity index (χ1n) is 8.68. The smallest absolute Gasteiger partial charge is 0.341 e. The van der Waals surface area contributed by atoms with Crippen LogP contribution < -0.4 is 5.32 Å². The van der Waals surface area contributed by atoms with Gasteiger partial charge in [-0.1, -0.05) is 40.9 Å². The zero-order valence-corrected chi connectivity index (χ0v) is 16.5. The summed E-state index contributed by atoms with van der Waals surface area (Å²) in [5, 5.41) is 3.00. The lowest BCUT2D eigenvalue weighted by Crippen LogP contribution is -2.42. The summed E-state index contributed by atoms with van der Waals surface area (Å²) in [5.74, 6) is 0.599. The summed E-state index contributed by atoms with van der Waals surface area (Å²) < 4.78 is 11.3. The molecule has 1 aromatic carbocycles. The van der Waals surface area contributed by atoms with E-state index in [0.29, 0.717) is 17.1 Å². The number of furan rings is 1.